The van der Waals surface area contributed by atoms with E-state index >= 15 is 0 Å². The molecule has 1 saturated heterocycles. The number of amides is 3. The Bertz CT molecular complexity index is 823. The Labute approximate surface area is 170 Å². The zero-order chi connectivity index (χ0) is 21.0. The van der Waals surface area contributed by atoms with E-state index < -0.39 is 6.09 Å². The highest BCUT2D eigenvalue weighted by atomic mass is 16.6. The average Bonchev–Trinajstić information content (AvgIpc) is 2.92. The molecule has 1 aromatic carbocycles. The van der Waals surface area contributed by atoms with Gasteiger partial charge in [-0.2, -0.15) is 0 Å². The second-order valence-electron chi connectivity index (χ2n) is 7.59. The van der Waals surface area contributed by atoms with Gasteiger partial charge in [0.15, 0.2) is 0 Å². The molecule has 0 bridgehead atoms. The number of nitrogens with one attached hydrogen (secondary N) is 1. The lowest BCUT2D eigenvalue weighted by Crippen LogP contribution is -2.33. The smallest absolute Gasteiger partial charge is 0.414 e. The molecule has 0 aliphatic carbocycles. The third-order valence-electron chi connectivity index (χ3n) is 5.30. The molecule has 0 radical (unpaired) electrons. The van der Waals surface area contributed by atoms with Crippen molar-refractivity contribution in [3.63, 3.8) is 0 Å². The first-order chi connectivity index (χ1) is 13.8. The standard InChI is InChI=1S/C21H27N3O5/c1-14(25)3-6-20(27)23-9-7-16-4-5-18(11-17(16)8-10-23)24-13-19(29-21(24)28)12-22-15(2)26/h4-5,11,19H,3,6-10,12-13H2,1-2H3,(H,22,26). The molecule has 2 aliphatic rings. The second kappa shape index (κ2) is 9.07. The van der Waals surface area contributed by atoms with Crippen LogP contribution in [0.5, 0.6) is 0 Å². The van der Waals surface area contributed by atoms with Crippen LogP contribution in [0, 0.1) is 0 Å². The summed E-state index contributed by atoms with van der Waals surface area (Å²) < 4.78 is 5.33. The number of anilines is 1. The molecule has 1 atom stereocenters. The molecule has 1 unspecified atom stereocenters. The summed E-state index contributed by atoms with van der Waals surface area (Å²) in [5.74, 6) is -0.125. The molecule has 8 heteroatoms. The molecule has 2 heterocycles. The third-order valence-corrected chi connectivity index (χ3v) is 5.30. The Hall–Kier alpha value is -2.90. The summed E-state index contributed by atoms with van der Waals surface area (Å²) in [6.07, 6.45) is 1.19. The first-order valence-electron chi connectivity index (χ1n) is 9.95. The maximum Gasteiger partial charge on any atom is 0.414 e. The van der Waals surface area contributed by atoms with Gasteiger partial charge in [0.05, 0.1) is 13.1 Å². The first-order valence-corrected chi connectivity index (χ1v) is 9.95. The Morgan fingerprint density at radius 2 is 1.83 bits per heavy atom. The fraction of sp³-hybridized carbons (Fsp3) is 0.524. The van der Waals surface area contributed by atoms with E-state index in [1.807, 2.05) is 23.1 Å². The van der Waals surface area contributed by atoms with Gasteiger partial charge in [0, 0.05) is 38.5 Å². The average molecular weight is 401 g/mol. The number of fused-ring (bicyclic) bond motifs is 1. The summed E-state index contributed by atoms with van der Waals surface area (Å²) in [6, 6.07) is 5.89. The zero-order valence-corrected chi connectivity index (χ0v) is 16.9. The summed E-state index contributed by atoms with van der Waals surface area (Å²) in [4.78, 5) is 50.2. The largest absolute Gasteiger partial charge is 0.442 e. The topological polar surface area (TPSA) is 96.0 Å². The summed E-state index contributed by atoms with van der Waals surface area (Å²) >= 11 is 0. The monoisotopic (exact) mass is 401 g/mol. The predicted octanol–water partition coefficient (Wildman–Crippen LogP) is 1.44. The van der Waals surface area contributed by atoms with E-state index in [2.05, 4.69) is 5.32 Å². The highest BCUT2D eigenvalue weighted by Gasteiger charge is 2.32. The number of carbonyl (C=O) groups is 4. The highest BCUT2D eigenvalue weighted by Crippen LogP contribution is 2.26. The van der Waals surface area contributed by atoms with E-state index in [1.54, 1.807) is 4.90 Å². The number of nitrogens with zero attached hydrogens (tertiary/aromatic N) is 2. The van der Waals surface area contributed by atoms with E-state index in [0.29, 0.717) is 32.6 Å². The lowest BCUT2D eigenvalue weighted by molar-refractivity contribution is -0.132. The number of hydrogen-bond acceptors (Lipinski definition) is 5. The van der Waals surface area contributed by atoms with Crippen molar-refractivity contribution in [2.75, 3.05) is 31.1 Å². The maximum absolute atomic E-state index is 12.3. The van der Waals surface area contributed by atoms with E-state index in [1.165, 1.54) is 13.8 Å². The van der Waals surface area contributed by atoms with Gasteiger partial charge in [0.2, 0.25) is 11.8 Å². The fourth-order valence-corrected chi connectivity index (χ4v) is 3.67. The van der Waals surface area contributed by atoms with Gasteiger partial charge in [0.25, 0.3) is 0 Å². The van der Waals surface area contributed by atoms with Crippen LogP contribution in [-0.4, -0.2) is 60.9 Å². The van der Waals surface area contributed by atoms with Crippen LogP contribution in [0.15, 0.2) is 18.2 Å². The molecule has 0 aromatic heterocycles. The molecule has 0 saturated carbocycles. The van der Waals surface area contributed by atoms with Crippen LogP contribution in [0.1, 0.15) is 37.8 Å². The molecule has 8 nitrogen and oxygen atoms in total. The zero-order valence-electron chi connectivity index (χ0n) is 16.9. The fourth-order valence-electron chi connectivity index (χ4n) is 3.67. The van der Waals surface area contributed by atoms with Gasteiger partial charge in [-0.15, -0.1) is 0 Å². The molecule has 1 fully saturated rings. The van der Waals surface area contributed by atoms with Gasteiger partial charge in [-0.3, -0.25) is 14.5 Å². The Balaban J connectivity index is 1.64. The van der Waals surface area contributed by atoms with Crippen molar-refractivity contribution in [1.82, 2.24) is 10.2 Å². The van der Waals surface area contributed by atoms with Crippen LogP contribution < -0.4 is 10.2 Å². The first kappa shape index (κ1) is 20.8. The molecule has 156 valence electrons. The van der Waals surface area contributed by atoms with Crippen LogP contribution in [0.25, 0.3) is 0 Å². The van der Waals surface area contributed by atoms with Crippen LogP contribution in [0.4, 0.5) is 10.5 Å². The minimum atomic E-state index is -0.421. The quantitative estimate of drug-likeness (QED) is 0.778. The minimum Gasteiger partial charge on any atom is -0.442 e. The summed E-state index contributed by atoms with van der Waals surface area (Å²) in [5.41, 5.74) is 3.04. The number of hydrogen-bond donors (Lipinski definition) is 1. The summed E-state index contributed by atoms with van der Waals surface area (Å²) in [5, 5.41) is 2.67. The molecule has 0 spiro atoms. The van der Waals surface area contributed by atoms with E-state index in [0.717, 1.165) is 23.2 Å². The van der Waals surface area contributed by atoms with Crippen molar-refractivity contribution in [1.29, 1.82) is 0 Å². The van der Waals surface area contributed by atoms with Gasteiger partial charge in [-0.1, -0.05) is 6.07 Å². The molecule has 3 amide bonds. The lowest BCUT2D eigenvalue weighted by atomic mass is 10.0. The van der Waals surface area contributed by atoms with Crippen molar-refractivity contribution in [2.24, 2.45) is 0 Å². The van der Waals surface area contributed by atoms with Crippen LogP contribution in [0.2, 0.25) is 0 Å². The lowest BCUT2D eigenvalue weighted by Gasteiger charge is -2.19. The van der Waals surface area contributed by atoms with Crippen LogP contribution in [0.3, 0.4) is 0 Å². The van der Waals surface area contributed by atoms with Crippen molar-refractivity contribution >= 4 is 29.4 Å². The highest BCUT2D eigenvalue weighted by molar-refractivity contribution is 5.90. The molecule has 2 aliphatic heterocycles. The van der Waals surface area contributed by atoms with Gasteiger partial charge >= 0.3 is 6.09 Å². The Morgan fingerprint density at radius 3 is 2.52 bits per heavy atom. The predicted molar refractivity (Wildman–Crippen MR) is 107 cm³/mol. The van der Waals surface area contributed by atoms with Crippen LogP contribution >= 0.6 is 0 Å². The van der Waals surface area contributed by atoms with Crippen molar-refractivity contribution in [3.8, 4) is 0 Å². The van der Waals surface area contributed by atoms with Crippen molar-refractivity contribution in [2.45, 2.75) is 45.6 Å². The molecule has 3 rings (SSSR count). The number of ketones is 1. The van der Waals surface area contributed by atoms with Gasteiger partial charge in [-0.05, 0) is 43.0 Å². The molecule has 1 N–H and O–H groups in total. The summed E-state index contributed by atoms with van der Waals surface area (Å²) in [7, 11) is 0. The number of rotatable bonds is 6. The number of Topliss-reactive ketones (excluding diaryl/α,β-unsaturated/α-hetero) is 1. The van der Waals surface area contributed by atoms with Gasteiger partial charge < -0.3 is 19.7 Å². The van der Waals surface area contributed by atoms with Crippen LogP contribution in [-0.2, 0) is 32.0 Å². The van der Waals surface area contributed by atoms with E-state index in [-0.39, 0.29) is 36.5 Å². The number of cyclic esters (lactones) is 1. The van der Waals surface area contributed by atoms with Gasteiger partial charge in [-0.25, -0.2) is 4.79 Å². The van der Waals surface area contributed by atoms with Crippen molar-refractivity contribution < 1.29 is 23.9 Å². The van der Waals surface area contributed by atoms with Crippen molar-refractivity contribution in [3.05, 3.63) is 29.3 Å². The second-order valence-corrected chi connectivity index (χ2v) is 7.59. The Kier molecular flexibility index (Phi) is 6.51. The van der Waals surface area contributed by atoms with Gasteiger partial charge in [0.1, 0.15) is 11.9 Å². The third kappa shape index (κ3) is 5.34. The SMILES string of the molecule is CC(=O)CCC(=O)N1CCc2ccc(N3CC(CNC(C)=O)OC3=O)cc2CC1. The molecule has 1 aromatic rings. The normalized spacial score (nSPS) is 18.7. The number of carbonyl (C=O) groups excluding carboxylic acids is 4. The Morgan fingerprint density at radius 1 is 1.10 bits per heavy atom. The molecular formula is C21H27N3O5. The number of benzene rings is 1. The van der Waals surface area contributed by atoms with E-state index in [4.69, 9.17) is 4.74 Å². The minimum absolute atomic E-state index is 0.0113. The number of ether oxygens (including phenoxy) is 1. The maximum atomic E-state index is 12.3. The molecule has 29 heavy (non-hydrogen) atoms. The van der Waals surface area contributed by atoms with E-state index in [9.17, 15) is 19.2 Å². The summed E-state index contributed by atoms with van der Waals surface area (Å²) in [6.45, 7) is 4.83. The molecular weight excluding hydrogens is 374 g/mol.